The van der Waals surface area contributed by atoms with Crippen molar-refractivity contribution in [1.82, 2.24) is 4.57 Å². The van der Waals surface area contributed by atoms with Crippen LogP contribution in [-0.4, -0.2) is 11.3 Å². The van der Waals surface area contributed by atoms with E-state index in [0.29, 0.717) is 0 Å². The molecule has 9 aromatic carbocycles. The average molecular weight is 785 g/mol. The van der Waals surface area contributed by atoms with Crippen LogP contribution in [0.25, 0.3) is 58.8 Å². The third kappa shape index (κ3) is 5.04. The SMILES string of the molecule is c1ccc(-c2cc3c4c(c2)Oc2cc5c(cc2B4c2cc4c(cc2O3)sc2ccccc24)c2ccc(N(c3ccccc3)c3ccccc3)cc2n5-c2ccccc2)cc1. The van der Waals surface area contributed by atoms with Gasteiger partial charge in [0.15, 0.2) is 0 Å². The quantitative estimate of drug-likeness (QED) is 0.163. The van der Waals surface area contributed by atoms with Crippen molar-refractivity contribution in [3.63, 3.8) is 0 Å². The lowest BCUT2D eigenvalue weighted by Gasteiger charge is -2.33. The van der Waals surface area contributed by atoms with E-state index in [0.717, 1.165) is 84.3 Å². The zero-order chi connectivity index (χ0) is 39.3. The van der Waals surface area contributed by atoms with Crippen molar-refractivity contribution in [1.29, 1.82) is 0 Å². The lowest BCUT2D eigenvalue weighted by Crippen LogP contribution is -2.57. The summed E-state index contributed by atoms with van der Waals surface area (Å²) in [5.41, 5.74) is 12.1. The van der Waals surface area contributed by atoms with Crippen molar-refractivity contribution >= 4 is 93.5 Å². The van der Waals surface area contributed by atoms with E-state index in [1.165, 1.54) is 30.9 Å². The summed E-state index contributed by atoms with van der Waals surface area (Å²) >= 11 is 1.82. The van der Waals surface area contributed by atoms with E-state index >= 15 is 0 Å². The molecule has 0 N–H and O–H groups in total. The molecule has 0 aliphatic carbocycles. The summed E-state index contributed by atoms with van der Waals surface area (Å²) in [4.78, 5) is 2.33. The van der Waals surface area contributed by atoms with Gasteiger partial charge in [0.1, 0.15) is 23.0 Å². The van der Waals surface area contributed by atoms with Crippen LogP contribution in [0.15, 0.2) is 200 Å². The fraction of sp³-hybridized carbons (Fsp3) is 0. The molecule has 0 saturated carbocycles. The first-order valence-corrected chi connectivity index (χ1v) is 21.2. The van der Waals surface area contributed by atoms with Crippen molar-refractivity contribution in [3.8, 4) is 39.8 Å². The van der Waals surface area contributed by atoms with Gasteiger partial charge >= 0.3 is 0 Å². The molecule has 2 aliphatic rings. The monoisotopic (exact) mass is 784 g/mol. The number of rotatable bonds is 5. The molecule has 4 nitrogen and oxygen atoms in total. The second-order valence-electron chi connectivity index (χ2n) is 15.7. The van der Waals surface area contributed by atoms with E-state index in [9.17, 15) is 0 Å². The summed E-state index contributed by atoms with van der Waals surface area (Å²) in [7, 11) is 0. The molecule has 11 aromatic rings. The highest BCUT2D eigenvalue weighted by Crippen LogP contribution is 2.45. The molecule has 0 spiro atoms. The number of hydrogen-bond acceptors (Lipinski definition) is 4. The number of aromatic nitrogens is 1. The number of anilines is 3. The average Bonchev–Trinajstić information content (AvgIpc) is 3.82. The molecule has 0 unspecified atom stereocenters. The third-order valence-electron chi connectivity index (χ3n) is 12.3. The summed E-state index contributed by atoms with van der Waals surface area (Å²) in [5.74, 6) is 3.42. The molecular weight excluding hydrogens is 751 g/mol. The van der Waals surface area contributed by atoms with Gasteiger partial charge in [0, 0.05) is 65.2 Å². The normalized spacial score (nSPS) is 12.6. The second-order valence-corrected chi connectivity index (χ2v) is 16.7. The molecule has 0 amide bonds. The van der Waals surface area contributed by atoms with E-state index < -0.39 is 0 Å². The Kier molecular flexibility index (Phi) is 7.24. The first-order valence-electron chi connectivity index (χ1n) is 20.4. The Morgan fingerprint density at radius 1 is 0.400 bits per heavy atom. The van der Waals surface area contributed by atoms with Gasteiger partial charge in [-0.2, -0.15) is 0 Å². The fourth-order valence-electron chi connectivity index (χ4n) is 9.61. The molecule has 13 rings (SSSR count). The highest BCUT2D eigenvalue weighted by atomic mass is 32.1. The van der Waals surface area contributed by atoms with Crippen LogP contribution in [0, 0.1) is 0 Å². The Bertz CT molecular complexity index is 3450. The maximum absolute atomic E-state index is 7.12. The number of thiophene rings is 1. The topological polar surface area (TPSA) is 26.6 Å². The van der Waals surface area contributed by atoms with Crippen LogP contribution < -0.4 is 30.8 Å². The minimum atomic E-state index is -0.0964. The Hall–Kier alpha value is -7.54. The smallest absolute Gasteiger partial charge is 0.260 e. The number of benzene rings is 9. The molecule has 0 radical (unpaired) electrons. The van der Waals surface area contributed by atoms with Crippen LogP contribution in [0.4, 0.5) is 17.1 Å². The Balaban J connectivity index is 1.08. The maximum Gasteiger partial charge on any atom is 0.260 e. The maximum atomic E-state index is 7.12. The van der Waals surface area contributed by atoms with Gasteiger partial charge in [-0.3, -0.25) is 0 Å². The van der Waals surface area contributed by atoms with Crippen LogP contribution in [0.3, 0.4) is 0 Å². The summed E-state index contributed by atoms with van der Waals surface area (Å²) < 4.78 is 19.0. The molecular formula is C54H33BN2O2S. The second kappa shape index (κ2) is 13.0. The fourth-order valence-corrected chi connectivity index (χ4v) is 10.7. The summed E-state index contributed by atoms with van der Waals surface area (Å²) in [5, 5.41) is 4.89. The van der Waals surface area contributed by atoms with E-state index in [4.69, 9.17) is 9.47 Å². The zero-order valence-electron chi connectivity index (χ0n) is 32.2. The molecule has 280 valence electrons. The molecule has 4 heterocycles. The van der Waals surface area contributed by atoms with Crippen molar-refractivity contribution in [3.05, 3.63) is 200 Å². The van der Waals surface area contributed by atoms with Gasteiger partial charge in [0.25, 0.3) is 6.71 Å². The van der Waals surface area contributed by atoms with Crippen LogP contribution in [-0.2, 0) is 0 Å². The lowest BCUT2D eigenvalue weighted by molar-refractivity contribution is 0.465. The van der Waals surface area contributed by atoms with Crippen LogP contribution in [0.2, 0.25) is 0 Å². The number of fused-ring (bicyclic) bond motifs is 10. The Morgan fingerprint density at radius 3 is 1.68 bits per heavy atom. The third-order valence-corrected chi connectivity index (χ3v) is 13.4. The van der Waals surface area contributed by atoms with Gasteiger partial charge in [-0.15, -0.1) is 11.3 Å². The van der Waals surface area contributed by atoms with Gasteiger partial charge in [0.2, 0.25) is 0 Å². The first-order chi connectivity index (χ1) is 29.7. The van der Waals surface area contributed by atoms with Gasteiger partial charge < -0.3 is 18.9 Å². The Morgan fingerprint density at radius 2 is 0.983 bits per heavy atom. The Labute approximate surface area is 350 Å². The van der Waals surface area contributed by atoms with Crippen molar-refractivity contribution in [2.75, 3.05) is 4.90 Å². The molecule has 2 aromatic heterocycles. The van der Waals surface area contributed by atoms with E-state index in [2.05, 4.69) is 210 Å². The summed E-state index contributed by atoms with van der Waals surface area (Å²) in [6.45, 7) is -0.0964. The highest BCUT2D eigenvalue weighted by Gasteiger charge is 2.41. The van der Waals surface area contributed by atoms with Gasteiger partial charge in [0.05, 0.1) is 11.0 Å². The van der Waals surface area contributed by atoms with Gasteiger partial charge in [-0.05, 0) is 94.8 Å². The van der Waals surface area contributed by atoms with Crippen molar-refractivity contribution in [2.45, 2.75) is 0 Å². The van der Waals surface area contributed by atoms with Crippen molar-refractivity contribution < 1.29 is 9.47 Å². The van der Waals surface area contributed by atoms with E-state index in [-0.39, 0.29) is 6.71 Å². The predicted octanol–water partition coefficient (Wildman–Crippen LogP) is 13.0. The van der Waals surface area contributed by atoms with Crippen molar-refractivity contribution in [2.24, 2.45) is 0 Å². The molecule has 6 heteroatoms. The standard InChI is InChI=1S/C54H33BN2O2S/c1-5-15-34(16-6-1)35-27-50-54-51(28-35)59-49-33-53-43(41-23-13-14-24-52(41)60-53)31-45(49)55(54)44-30-42-40-26-25-39(56(36-17-7-2-8-18-36)37-19-9-3-10-20-37)29-46(40)57(38-21-11-4-12-22-38)47(42)32-48(44)58-50/h1-33H. The summed E-state index contributed by atoms with van der Waals surface area (Å²) in [6, 6.07) is 71.7. The van der Waals surface area contributed by atoms with Crippen LogP contribution in [0.1, 0.15) is 0 Å². The number of hydrogen-bond donors (Lipinski definition) is 0. The van der Waals surface area contributed by atoms with Crippen LogP contribution >= 0.6 is 11.3 Å². The number of ether oxygens (including phenoxy) is 2. The van der Waals surface area contributed by atoms with E-state index in [1.54, 1.807) is 0 Å². The van der Waals surface area contributed by atoms with E-state index in [1.807, 2.05) is 11.3 Å². The molecule has 0 bridgehead atoms. The molecule has 0 fully saturated rings. The highest BCUT2D eigenvalue weighted by molar-refractivity contribution is 7.25. The number of nitrogens with zero attached hydrogens (tertiary/aromatic N) is 2. The minimum Gasteiger partial charge on any atom is -0.458 e. The molecule has 0 saturated heterocycles. The van der Waals surface area contributed by atoms with Gasteiger partial charge in [-0.1, -0.05) is 121 Å². The first kappa shape index (κ1) is 33.4. The zero-order valence-corrected chi connectivity index (χ0v) is 33.1. The predicted molar refractivity (Wildman–Crippen MR) is 251 cm³/mol. The van der Waals surface area contributed by atoms with Crippen LogP contribution in [0.5, 0.6) is 23.0 Å². The molecule has 2 aliphatic heterocycles. The number of para-hydroxylation sites is 3. The summed E-state index contributed by atoms with van der Waals surface area (Å²) in [6.07, 6.45) is 0. The molecule has 60 heavy (non-hydrogen) atoms. The largest absolute Gasteiger partial charge is 0.458 e. The minimum absolute atomic E-state index is 0.0964. The lowest BCUT2D eigenvalue weighted by atomic mass is 9.34. The molecule has 0 atom stereocenters. The van der Waals surface area contributed by atoms with Gasteiger partial charge in [-0.25, -0.2) is 0 Å².